The van der Waals surface area contributed by atoms with Crippen LogP contribution in [0.3, 0.4) is 0 Å². The molecule has 1 saturated heterocycles. The summed E-state index contributed by atoms with van der Waals surface area (Å²) in [5.74, 6) is 0. The minimum Gasteiger partial charge on any atom is -0.344 e. The average molecular weight is 197 g/mol. The van der Waals surface area contributed by atoms with E-state index in [9.17, 15) is 0 Å². The van der Waals surface area contributed by atoms with Crippen LogP contribution in [0.2, 0.25) is 0 Å². The third kappa shape index (κ3) is 1.69. The maximum Gasteiger partial charge on any atom is 0.185 e. The van der Waals surface area contributed by atoms with Gasteiger partial charge >= 0.3 is 0 Å². The zero-order valence-corrected chi connectivity index (χ0v) is 8.68. The summed E-state index contributed by atoms with van der Waals surface area (Å²) < 4.78 is 0. The van der Waals surface area contributed by atoms with Gasteiger partial charge in [0.25, 0.3) is 0 Å². The highest BCUT2D eigenvalue weighted by atomic mass is 32.1. The number of aryl methyl sites for hydroxylation is 1. The Labute approximate surface area is 82.6 Å². The van der Waals surface area contributed by atoms with Crippen LogP contribution in [0.25, 0.3) is 0 Å². The lowest BCUT2D eigenvalue weighted by atomic mass is 10.2. The molecule has 2 rings (SSSR count). The lowest BCUT2D eigenvalue weighted by Gasteiger charge is -2.22. The highest BCUT2D eigenvalue weighted by Crippen LogP contribution is 2.27. The molecular weight excluding hydrogens is 182 g/mol. The Morgan fingerprint density at radius 1 is 1.77 bits per heavy atom. The van der Waals surface area contributed by atoms with Crippen molar-refractivity contribution in [2.45, 2.75) is 25.8 Å². The number of nitrogens with zero attached hydrogens (tertiary/aromatic N) is 2. The van der Waals surface area contributed by atoms with Crippen LogP contribution in [-0.4, -0.2) is 24.1 Å². The fourth-order valence-electron chi connectivity index (χ4n) is 1.81. The third-order valence-electron chi connectivity index (χ3n) is 2.50. The van der Waals surface area contributed by atoms with E-state index in [0.29, 0.717) is 6.04 Å². The van der Waals surface area contributed by atoms with E-state index in [0.717, 1.165) is 23.9 Å². The summed E-state index contributed by atoms with van der Waals surface area (Å²) in [6, 6.07) is 0.519. The molecule has 1 unspecified atom stereocenters. The van der Waals surface area contributed by atoms with Crippen molar-refractivity contribution in [2.24, 2.45) is 5.73 Å². The smallest absolute Gasteiger partial charge is 0.185 e. The number of hydrogen-bond donors (Lipinski definition) is 1. The lowest BCUT2D eigenvalue weighted by molar-refractivity contribution is 0.675. The summed E-state index contributed by atoms with van der Waals surface area (Å²) in [5, 5.41) is 3.24. The van der Waals surface area contributed by atoms with Crippen molar-refractivity contribution >= 4 is 16.5 Å². The maximum absolute atomic E-state index is 5.70. The van der Waals surface area contributed by atoms with Crippen molar-refractivity contribution in [3.05, 3.63) is 11.1 Å². The van der Waals surface area contributed by atoms with E-state index in [4.69, 9.17) is 5.73 Å². The Hall–Kier alpha value is -0.610. The molecule has 0 aromatic carbocycles. The summed E-state index contributed by atoms with van der Waals surface area (Å²) in [6.45, 7) is 3.90. The normalized spacial score (nSPS) is 22.6. The van der Waals surface area contributed by atoms with Crippen LogP contribution in [0, 0.1) is 6.92 Å². The number of rotatable bonds is 2. The van der Waals surface area contributed by atoms with Gasteiger partial charge in [0.2, 0.25) is 0 Å². The molecule has 4 heteroatoms. The van der Waals surface area contributed by atoms with Crippen molar-refractivity contribution in [1.82, 2.24) is 4.98 Å². The molecule has 1 fully saturated rings. The first-order valence-corrected chi connectivity index (χ1v) is 5.58. The van der Waals surface area contributed by atoms with Crippen molar-refractivity contribution < 1.29 is 0 Å². The Bertz CT molecular complexity index is 284. The van der Waals surface area contributed by atoms with Gasteiger partial charge in [-0.2, -0.15) is 0 Å². The molecule has 2 heterocycles. The summed E-state index contributed by atoms with van der Waals surface area (Å²) in [6.07, 6.45) is 2.47. The first kappa shape index (κ1) is 8.97. The zero-order chi connectivity index (χ0) is 9.26. The fourth-order valence-corrected chi connectivity index (χ4v) is 2.71. The average Bonchev–Trinajstić information content (AvgIpc) is 2.71. The highest BCUT2D eigenvalue weighted by molar-refractivity contribution is 7.13. The van der Waals surface area contributed by atoms with Gasteiger partial charge < -0.3 is 10.6 Å². The van der Waals surface area contributed by atoms with Crippen LogP contribution in [0.1, 0.15) is 18.5 Å². The standard InChI is InChI=1S/C9H15N3S/c1-7-6-13-9(11-7)12-4-2-3-8(12)5-10/h6,8H,2-5,10H2,1H3. The molecule has 1 aromatic heterocycles. The van der Waals surface area contributed by atoms with E-state index in [1.807, 2.05) is 6.92 Å². The molecule has 3 nitrogen and oxygen atoms in total. The highest BCUT2D eigenvalue weighted by Gasteiger charge is 2.24. The van der Waals surface area contributed by atoms with E-state index < -0.39 is 0 Å². The molecule has 0 spiro atoms. The number of nitrogens with two attached hydrogens (primary N) is 1. The number of thiazole rings is 1. The van der Waals surface area contributed by atoms with Crippen molar-refractivity contribution in [2.75, 3.05) is 18.0 Å². The number of aromatic nitrogens is 1. The van der Waals surface area contributed by atoms with E-state index in [-0.39, 0.29) is 0 Å². The van der Waals surface area contributed by atoms with E-state index >= 15 is 0 Å². The van der Waals surface area contributed by atoms with Gasteiger partial charge in [-0.25, -0.2) is 4.98 Å². The largest absolute Gasteiger partial charge is 0.344 e. The van der Waals surface area contributed by atoms with Gasteiger partial charge in [0.15, 0.2) is 5.13 Å². The summed E-state index contributed by atoms with van der Waals surface area (Å²) in [4.78, 5) is 6.82. The summed E-state index contributed by atoms with van der Waals surface area (Å²) in [5.41, 5.74) is 6.82. The van der Waals surface area contributed by atoms with Crippen LogP contribution in [0.15, 0.2) is 5.38 Å². The van der Waals surface area contributed by atoms with Gasteiger partial charge in [0.1, 0.15) is 0 Å². The van der Waals surface area contributed by atoms with Gasteiger partial charge in [0.05, 0.1) is 5.69 Å². The SMILES string of the molecule is Cc1csc(N2CCCC2CN)n1. The molecule has 2 N–H and O–H groups in total. The molecule has 0 amide bonds. The summed E-state index contributed by atoms with van der Waals surface area (Å²) in [7, 11) is 0. The Morgan fingerprint density at radius 2 is 2.62 bits per heavy atom. The zero-order valence-electron chi connectivity index (χ0n) is 7.86. The van der Waals surface area contributed by atoms with Crippen LogP contribution >= 0.6 is 11.3 Å². The van der Waals surface area contributed by atoms with E-state index in [2.05, 4.69) is 15.3 Å². The predicted octanol–water partition coefficient (Wildman–Crippen LogP) is 1.38. The van der Waals surface area contributed by atoms with E-state index in [1.54, 1.807) is 11.3 Å². The topological polar surface area (TPSA) is 42.1 Å². The first-order valence-electron chi connectivity index (χ1n) is 4.70. The quantitative estimate of drug-likeness (QED) is 0.779. The molecule has 0 saturated carbocycles. The second-order valence-corrected chi connectivity index (χ2v) is 4.33. The van der Waals surface area contributed by atoms with Crippen LogP contribution < -0.4 is 10.6 Å². The molecule has 1 atom stereocenters. The number of hydrogen-bond acceptors (Lipinski definition) is 4. The first-order chi connectivity index (χ1) is 6.31. The minimum absolute atomic E-state index is 0.519. The molecular formula is C9H15N3S. The van der Waals surface area contributed by atoms with Crippen molar-refractivity contribution in [3.63, 3.8) is 0 Å². The molecule has 1 aromatic rings. The second kappa shape index (κ2) is 3.64. The fraction of sp³-hybridized carbons (Fsp3) is 0.667. The maximum atomic E-state index is 5.70. The van der Waals surface area contributed by atoms with Crippen LogP contribution in [0.4, 0.5) is 5.13 Å². The Kier molecular flexibility index (Phi) is 2.51. The molecule has 0 aliphatic carbocycles. The molecule has 1 aliphatic rings. The Morgan fingerprint density at radius 3 is 3.23 bits per heavy atom. The van der Waals surface area contributed by atoms with Gasteiger partial charge in [-0.3, -0.25) is 0 Å². The minimum atomic E-state index is 0.519. The molecule has 13 heavy (non-hydrogen) atoms. The number of anilines is 1. The Balaban J connectivity index is 2.15. The van der Waals surface area contributed by atoms with Crippen LogP contribution in [0.5, 0.6) is 0 Å². The van der Waals surface area contributed by atoms with Gasteiger partial charge in [-0.1, -0.05) is 0 Å². The lowest BCUT2D eigenvalue weighted by Crippen LogP contribution is -2.35. The summed E-state index contributed by atoms with van der Waals surface area (Å²) >= 11 is 1.73. The third-order valence-corrected chi connectivity index (χ3v) is 3.50. The van der Waals surface area contributed by atoms with Gasteiger partial charge in [0, 0.05) is 24.5 Å². The monoisotopic (exact) mass is 197 g/mol. The molecule has 72 valence electrons. The van der Waals surface area contributed by atoms with Gasteiger partial charge in [-0.15, -0.1) is 11.3 Å². The molecule has 1 aliphatic heterocycles. The van der Waals surface area contributed by atoms with Crippen LogP contribution in [-0.2, 0) is 0 Å². The van der Waals surface area contributed by atoms with Crippen molar-refractivity contribution in [3.8, 4) is 0 Å². The van der Waals surface area contributed by atoms with Crippen molar-refractivity contribution in [1.29, 1.82) is 0 Å². The molecule has 0 radical (unpaired) electrons. The molecule has 0 bridgehead atoms. The second-order valence-electron chi connectivity index (χ2n) is 3.50. The predicted molar refractivity (Wildman–Crippen MR) is 56.3 cm³/mol. The van der Waals surface area contributed by atoms with Gasteiger partial charge in [-0.05, 0) is 19.8 Å². The van der Waals surface area contributed by atoms with E-state index in [1.165, 1.54) is 12.8 Å².